The van der Waals surface area contributed by atoms with Gasteiger partial charge < -0.3 is 40.2 Å². The van der Waals surface area contributed by atoms with Gasteiger partial charge in [0.25, 0.3) is 11.8 Å². The van der Waals surface area contributed by atoms with E-state index in [0.29, 0.717) is 42.9 Å². The number of likely N-dealkylation sites (tertiary alicyclic amines) is 2. The number of rotatable bonds is 11. The Morgan fingerprint density at radius 3 is 1.65 bits per heavy atom. The topological polar surface area (TPSA) is 175 Å². The molecule has 68 heavy (non-hydrogen) atoms. The maximum atomic E-state index is 14.1. The maximum absolute atomic E-state index is 14.1. The molecule has 4 N–H and O–H groups in total. The standard InChI is InChI=1S/C54H61N7O7/c1-35(56-48(62)44-21-15-33-61(44)50(64)46(41-18-12-9-13-19-41)59-52(66)68-54(5,6)7)38-28-24-36(25-29-38)22-23-37-26-30-39(31-27-37)42-34-55-47(57-42)43-20-14-32-60(43)49(63)45(40-16-10-8-11-17-40)58-51(65)67-53(2,3)4/h8-13,16-19,24-31,34-35,43-46H,14-15,20-21,32-33H2,1-7H3,(H,55,57)(H,56,62)(H,58,65)(H,59,66)/t35-,43+,44+,45-,46-/m1/s1. The van der Waals surface area contributed by atoms with E-state index in [1.807, 2.05) is 91.9 Å². The molecule has 1 aromatic heterocycles. The zero-order valence-electron chi connectivity index (χ0n) is 39.8. The Balaban J connectivity index is 0.951. The summed E-state index contributed by atoms with van der Waals surface area (Å²) < 4.78 is 11.0. The highest BCUT2D eigenvalue weighted by atomic mass is 16.6. The first-order chi connectivity index (χ1) is 32.4. The number of aromatic nitrogens is 2. The van der Waals surface area contributed by atoms with Crippen molar-refractivity contribution in [3.63, 3.8) is 0 Å². The molecule has 4 aromatic carbocycles. The van der Waals surface area contributed by atoms with Gasteiger partial charge in [0.2, 0.25) is 5.91 Å². The average Bonchev–Trinajstić information content (AvgIpc) is 4.11. The largest absolute Gasteiger partial charge is 0.444 e. The van der Waals surface area contributed by atoms with E-state index in [1.54, 1.807) is 81.8 Å². The van der Waals surface area contributed by atoms with Crippen molar-refractivity contribution in [2.24, 2.45) is 0 Å². The highest BCUT2D eigenvalue weighted by molar-refractivity contribution is 5.93. The number of imidazole rings is 1. The molecular formula is C54H61N7O7. The molecule has 5 amide bonds. The summed E-state index contributed by atoms with van der Waals surface area (Å²) in [6.45, 7) is 13.4. The van der Waals surface area contributed by atoms with E-state index >= 15 is 0 Å². The molecule has 2 saturated heterocycles. The fraction of sp³-hybridized carbons (Fsp3) is 0.370. The quantitative estimate of drug-likeness (QED) is 0.0951. The van der Waals surface area contributed by atoms with Crippen LogP contribution in [-0.2, 0) is 23.9 Å². The lowest BCUT2D eigenvalue weighted by Crippen LogP contribution is -2.50. The van der Waals surface area contributed by atoms with Gasteiger partial charge in [-0.2, -0.15) is 0 Å². The maximum Gasteiger partial charge on any atom is 0.408 e. The summed E-state index contributed by atoms with van der Waals surface area (Å²) in [6, 6.07) is 30.4. The monoisotopic (exact) mass is 919 g/mol. The van der Waals surface area contributed by atoms with E-state index in [2.05, 4.69) is 32.8 Å². The van der Waals surface area contributed by atoms with Gasteiger partial charge in [-0.15, -0.1) is 0 Å². The van der Waals surface area contributed by atoms with Gasteiger partial charge in [0.15, 0.2) is 0 Å². The minimum atomic E-state index is -1.01. The Morgan fingerprint density at radius 2 is 1.12 bits per heavy atom. The first kappa shape index (κ1) is 48.5. The highest BCUT2D eigenvalue weighted by Crippen LogP contribution is 2.34. The van der Waals surface area contributed by atoms with Crippen LogP contribution >= 0.6 is 0 Å². The van der Waals surface area contributed by atoms with Crippen molar-refractivity contribution >= 4 is 29.9 Å². The number of amides is 5. The van der Waals surface area contributed by atoms with Crippen molar-refractivity contribution < 1.29 is 33.4 Å². The highest BCUT2D eigenvalue weighted by Gasteiger charge is 2.40. The SMILES string of the molecule is C[C@@H](NC(=O)[C@@H]1CCCN1C(=O)[C@H](NC(=O)OC(C)(C)C)c1ccccc1)c1ccc(C#Cc2ccc(-c3cnc([C@@H]4CCCN4C(=O)[C@H](NC(=O)OC(C)(C)C)c4ccccc4)[nH]3)cc2)cc1. The summed E-state index contributed by atoms with van der Waals surface area (Å²) in [5.74, 6) is 6.28. The Morgan fingerprint density at radius 1 is 0.632 bits per heavy atom. The molecule has 2 fully saturated rings. The number of carbonyl (C=O) groups excluding carboxylic acids is 5. The van der Waals surface area contributed by atoms with Gasteiger partial charge in [0, 0.05) is 24.2 Å². The molecule has 2 aliphatic rings. The lowest BCUT2D eigenvalue weighted by molar-refractivity contribution is -0.140. The molecule has 5 atom stereocenters. The van der Waals surface area contributed by atoms with Crippen molar-refractivity contribution in [1.82, 2.24) is 35.7 Å². The third-order valence-electron chi connectivity index (χ3n) is 11.7. The molecule has 7 rings (SSSR count). The molecule has 0 spiro atoms. The number of aromatic amines is 1. The molecule has 0 bridgehead atoms. The van der Waals surface area contributed by atoms with Crippen LogP contribution < -0.4 is 16.0 Å². The molecular weight excluding hydrogens is 859 g/mol. The summed E-state index contributed by atoms with van der Waals surface area (Å²) >= 11 is 0. The van der Waals surface area contributed by atoms with Crippen molar-refractivity contribution in [3.05, 3.63) is 149 Å². The van der Waals surface area contributed by atoms with Crippen molar-refractivity contribution in [1.29, 1.82) is 0 Å². The van der Waals surface area contributed by atoms with Crippen LogP contribution in [0.25, 0.3) is 11.3 Å². The van der Waals surface area contributed by atoms with Crippen molar-refractivity contribution in [2.45, 2.75) is 116 Å². The lowest BCUT2D eigenvalue weighted by Gasteiger charge is -2.30. The fourth-order valence-electron chi connectivity index (χ4n) is 8.44. The predicted molar refractivity (Wildman–Crippen MR) is 259 cm³/mol. The zero-order valence-corrected chi connectivity index (χ0v) is 39.8. The summed E-state index contributed by atoms with van der Waals surface area (Å²) in [4.78, 5) is 79.0. The van der Waals surface area contributed by atoms with Crippen LogP contribution in [0.4, 0.5) is 9.59 Å². The molecule has 354 valence electrons. The van der Waals surface area contributed by atoms with Gasteiger partial charge in [0.05, 0.1) is 24.0 Å². The number of H-pyrrole nitrogens is 1. The first-order valence-corrected chi connectivity index (χ1v) is 23.2. The second kappa shape index (κ2) is 21.1. The van der Waals surface area contributed by atoms with Crippen LogP contribution in [0.5, 0.6) is 0 Å². The number of alkyl carbamates (subject to hydrolysis) is 2. The van der Waals surface area contributed by atoms with E-state index in [1.165, 1.54) is 0 Å². The Bertz CT molecular complexity index is 2630. The molecule has 0 saturated carbocycles. The van der Waals surface area contributed by atoms with E-state index in [9.17, 15) is 24.0 Å². The Labute approximate surface area is 398 Å². The molecule has 0 radical (unpaired) electrons. The molecule has 14 heteroatoms. The number of hydrogen-bond donors (Lipinski definition) is 4. The lowest BCUT2D eigenvalue weighted by atomic mass is 10.0. The van der Waals surface area contributed by atoms with Gasteiger partial charge in [0.1, 0.15) is 35.2 Å². The van der Waals surface area contributed by atoms with Crippen molar-refractivity contribution in [3.8, 4) is 23.1 Å². The van der Waals surface area contributed by atoms with Gasteiger partial charge in [-0.1, -0.05) is 96.8 Å². The van der Waals surface area contributed by atoms with Crippen LogP contribution in [0.1, 0.15) is 132 Å². The molecule has 2 aliphatic heterocycles. The second-order valence-electron chi connectivity index (χ2n) is 19.2. The van der Waals surface area contributed by atoms with Gasteiger partial charge in [-0.25, -0.2) is 14.6 Å². The molecule has 3 heterocycles. The van der Waals surface area contributed by atoms with Gasteiger partial charge in [-0.05, 0) is 121 Å². The van der Waals surface area contributed by atoms with E-state index in [4.69, 9.17) is 14.5 Å². The Kier molecular flexibility index (Phi) is 15.0. The summed E-state index contributed by atoms with van der Waals surface area (Å²) in [5, 5.41) is 8.63. The van der Waals surface area contributed by atoms with E-state index in [-0.39, 0.29) is 29.8 Å². The number of hydrogen-bond acceptors (Lipinski definition) is 8. The fourth-order valence-corrected chi connectivity index (χ4v) is 8.44. The van der Waals surface area contributed by atoms with E-state index < -0.39 is 41.5 Å². The smallest absolute Gasteiger partial charge is 0.408 e. The van der Waals surface area contributed by atoms with E-state index in [0.717, 1.165) is 40.8 Å². The minimum Gasteiger partial charge on any atom is -0.444 e. The molecule has 5 aromatic rings. The normalized spacial score (nSPS) is 17.2. The van der Waals surface area contributed by atoms with Gasteiger partial charge in [-0.3, -0.25) is 14.4 Å². The third-order valence-corrected chi connectivity index (χ3v) is 11.7. The molecule has 0 unspecified atom stereocenters. The number of ether oxygens (including phenoxy) is 2. The molecule has 0 aliphatic carbocycles. The predicted octanol–water partition coefficient (Wildman–Crippen LogP) is 8.84. The summed E-state index contributed by atoms with van der Waals surface area (Å²) in [7, 11) is 0. The minimum absolute atomic E-state index is 0.229. The summed E-state index contributed by atoms with van der Waals surface area (Å²) in [6.07, 6.45) is 3.08. The number of carbonyl (C=O) groups is 5. The number of benzene rings is 4. The Hall–Kier alpha value is -7.40. The van der Waals surface area contributed by atoms with Crippen molar-refractivity contribution in [2.75, 3.05) is 13.1 Å². The van der Waals surface area contributed by atoms with Crippen LogP contribution in [0.2, 0.25) is 0 Å². The first-order valence-electron chi connectivity index (χ1n) is 23.2. The molecule has 14 nitrogen and oxygen atoms in total. The summed E-state index contributed by atoms with van der Waals surface area (Å²) in [5.41, 5.74) is 4.03. The van der Waals surface area contributed by atoms with Crippen LogP contribution in [0, 0.1) is 11.8 Å². The van der Waals surface area contributed by atoms with Crippen LogP contribution in [0.15, 0.2) is 115 Å². The average molecular weight is 920 g/mol. The number of nitrogens with one attached hydrogen (secondary N) is 4. The number of nitrogens with zero attached hydrogens (tertiary/aromatic N) is 3. The van der Waals surface area contributed by atoms with Crippen LogP contribution in [-0.4, -0.2) is 80.0 Å². The van der Waals surface area contributed by atoms with Crippen LogP contribution in [0.3, 0.4) is 0 Å². The zero-order chi connectivity index (χ0) is 48.6. The van der Waals surface area contributed by atoms with Gasteiger partial charge >= 0.3 is 12.2 Å². The third kappa shape index (κ3) is 12.5. The second-order valence-corrected chi connectivity index (χ2v) is 19.2.